The first kappa shape index (κ1) is 27.2. The zero-order valence-electron chi connectivity index (χ0n) is 24.0. The molecule has 2 aliphatic rings. The summed E-state index contributed by atoms with van der Waals surface area (Å²) in [5, 5.41) is 4.24. The van der Waals surface area contributed by atoms with Gasteiger partial charge in [0.05, 0.1) is 18.2 Å². The number of benzene rings is 3. The van der Waals surface area contributed by atoms with Crippen LogP contribution in [-0.2, 0) is 22.3 Å². The van der Waals surface area contributed by atoms with Crippen LogP contribution in [0.2, 0.25) is 0 Å². The Hall–Kier alpha value is -3.97. The second-order valence-electron chi connectivity index (χ2n) is 11.9. The molecule has 1 amide bonds. The number of amides is 1. The van der Waals surface area contributed by atoms with Gasteiger partial charge >= 0.3 is 6.09 Å². The number of ether oxygens (including phenoxy) is 2. The van der Waals surface area contributed by atoms with Crippen LogP contribution in [0, 0.1) is 0 Å². The molecule has 1 fully saturated rings. The lowest BCUT2D eigenvalue weighted by Gasteiger charge is -2.25. The molecule has 6 rings (SSSR count). The Kier molecular flexibility index (Phi) is 7.63. The molecule has 0 spiro atoms. The van der Waals surface area contributed by atoms with Crippen molar-refractivity contribution in [2.45, 2.75) is 70.1 Å². The van der Waals surface area contributed by atoms with Crippen LogP contribution in [0.5, 0.6) is 0 Å². The Bertz CT molecular complexity index is 1450. The minimum Gasteiger partial charge on any atom is -0.448 e. The number of hydrogen-bond acceptors (Lipinski definition) is 6. The van der Waals surface area contributed by atoms with E-state index in [0.717, 1.165) is 12.8 Å². The third kappa shape index (κ3) is 6.05. The van der Waals surface area contributed by atoms with Crippen molar-refractivity contribution in [3.05, 3.63) is 107 Å². The number of aryl methyl sites for hydroxylation is 2. The van der Waals surface area contributed by atoms with E-state index in [1.165, 1.54) is 27.8 Å². The maximum Gasteiger partial charge on any atom is 0.410 e. The molecule has 1 saturated heterocycles. The van der Waals surface area contributed by atoms with Gasteiger partial charge in [-0.3, -0.25) is 4.90 Å². The molecule has 7 heteroatoms. The summed E-state index contributed by atoms with van der Waals surface area (Å²) in [6.45, 7) is 6.74. The molecular formula is C34H37N3O4. The number of hydrogen-bond donors (Lipinski definition) is 0. The van der Waals surface area contributed by atoms with Gasteiger partial charge in [-0.15, -0.1) is 0 Å². The van der Waals surface area contributed by atoms with Crippen LogP contribution in [0.4, 0.5) is 4.79 Å². The molecule has 2 heterocycles. The molecule has 0 saturated carbocycles. The van der Waals surface area contributed by atoms with Crippen LogP contribution in [0.1, 0.15) is 74.0 Å². The van der Waals surface area contributed by atoms with Gasteiger partial charge in [0.1, 0.15) is 12.6 Å². The Morgan fingerprint density at radius 1 is 0.927 bits per heavy atom. The van der Waals surface area contributed by atoms with Gasteiger partial charge in [-0.2, -0.15) is 4.98 Å². The van der Waals surface area contributed by atoms with E-state index in [4.69, 9.17) is 19.0 Å². The summed E-state index contributed by atoms with van der Waals surface area (Å²) in [6.07, 6.45) is 2.60. The van der Waals surface area contributed by atoms with Gasteiger partial charge in [-0.05, 0) is 61.4 Å². The first-order valence-electron chi connectivity index (χ1n) is 14.5. The summed E-state index contributed by atoms with van der Waals surface area (Å²) in [6, 6.07) is 26.7. The number of likely N-dealkylation sites (tertiary alicyclic amines) is 1. The van der Waals surface area contributed by atoms with Crippen LogP contribution < -0.4 is 0 Å². The molecule has 0 radical (unpaired) electrons. The van der Waals surface area contributed by atoms with Crippen molar-refractivity contribution in [2.24, 2.45) is 0 Å². The molecule has 0 N–H and O–H groups in total. The van der Waals surface area contributed by atoms with Crippen LogP contribution >= 0.6 is 0 Å². The third-order valence-electron chi connectivity index (χ3n) is 7.83. The lowest BCUT2D eigenvalue weighted by molar-refractivity contribution is -0.0540. The third-order valence-corrected chi connectivity index (χ3v) is 7.83. The SMILES string of the molecule is CC(C)(C)O[C@H]1C[C@@H](c2nc(CCCc3ccccc3)no2)N(C(=O)OCC2c3ccccc3-c3ccccc32)C1. The van der Waals surface area contributed by atoms with Crippen LogP contribution in [0.15, 0.2) is 83.4 Å². The van der Waals surface area contributed by atoms with E-state index in [2.05, 4.69) is 65.8 Å². The van der Waals surface area contributed by atoms with Crippen molar-refractivity contribution >= 4 is 6.09 Å². The van der Waals surface area contributed by atoms with Crippen molar-refractivity contribution in [1.29, 1.82) is 0 Å². The van der Waals surface area contributed by atoms with E-state index in [1.807, 2.05) is 39.0 Å². The van der Waals surface area contributed by atoms with Crippen molar-refractivity contribution < 1.29 is 18.8 Å². The fourth-order valence-electron chi connectivity index (χ4n) is 6.10. The number of fused-ring (bicyclic) bond motifs is 3. The first-order chi connectivity index (χ1) is 19.9. The highest BCUT2D eigenvalue weighted by Gasteiger charge is 2.42. The summed E-state index contributed by atoms with van der Waals surface area (Å²) in [4.78, 5) is 20.0. The summed E-state index contributed by atoms with van der Waals surface area (Å²) in [7, 11) is 0. The summed E-state index contributed by atoms with van der Waals surface area (Å²) >= 11 is 0. The molecule has 2 atom stereocenters. The fourth-order valence-corrected chi connectivity index (χ4v) is 6.10. The van der Waals surface area contributed by atoms with Crippen LogP contribution in [0.3, 0.4) is 0 Å². The average molecular weight is 552 g/mol. The lowest BCUT2D eigenvalue weighted by Crippen LogP contribution is -2.35. The number of aromatic nitrogens is 2. The van der Waals surface area contributed by atoms with Gasteiger partial charge in [0.15, 0.2) is 5.82 Å². The maximum absolute atomic E-state index is 13.6. The molecule has 1 aliphatic heterocycles. The van der Waals surface area contributed by atoms with E-state index >= 15 is 0 Å². The molecule has 7 nitrogen and oxygen atoms in total. The molecule has 0 unspecified atom stereocenters. The van der Waals surface area contributed by atoms with Crippen LogP contribution in [0.25, 0.3) is 11.1 Å². The second-order valence-corrected chi connectivity index (χ2v) is 11.9. The predicted molar refractivity (Wildman–Crippen MR) is 157 cm³/mol. The zero-order chi connectivity index (χ0) is 28.4. The molecular weight excluding hydrogens is 514 g/mol. The lowest BCUT2D eigenvalue weighted by atomic mass is 9.98. The fraction of sp³-hybridized carbons (Fsp3) is 0.382. The highest BCUT2D eigenvalue weighted by atomic mass is 16.6. The van der Waals surface area contributed by atoms with Gasteiger partial charge in [-0.25, -0.2) is 4.79 Å². The zero-order valence-corrected chi connectivity index (χ0v) is 24.0. The van der Waals surface area contributed by atoms with Gasteiger partial charge in [-0.1, -0.05) is 84.0 Å². The van der Waals surface area contributed by atoms with E-state index in [0.29, 0.717) is 31.1 Å². The number of carbonyl (C=O) groups is 1. The summed E-state index contributed by atoms with van der Waals surface area (Å²) in [5.41, 5.74) is 5.72. The largest absolute Gasteiger partial charge is 0.448 e. The van der Waals surface area contributed by atoms with Gasteiger partial charge in [0.25, 0.3) is 0 Å². The number of carbonyl (C=O) groups excluding carboxylic acids is 1. The number of nitrogens with zero attached hydrogens (tertiary/aromatic N) is 3. The second kappa shape index (κ2) is 11.5. The van der Waals surface area contributed by atoms with E-state index < -0.39 is 6.04 Å². The van der Waals surface area contributed by atoms with Gasteiger partial charge < -0.3 is 14.0 Å². The predicted octanol–water partition coefficient (Wildman–Crippen LogP) is 7.12. The number of rotatable bonds is 8. The molecule has 0 bridgehead atoms. The quantitative estimate of drug-likeness (QED) is 0.232. The monoisotopic (exact) mass is 551 g/mol. The Balaban J connectivity index is 1.15. The maximum atomic E-state index is 13.6. The molecule has 3 aromatic carbocycles. The summed E-state index contributed by atoms with van der Waals surface area (Å²) < 4.78 is 18.0. The minimum absolute atomic E-state index is 0.00588. The molecule has 1 aliphatic carbocycles. The Morgan fingerprint density at radius 2 is 1.59 bits per heavy atom. The topological polar surface area (TPSA) is 77.7 Å². The van der Waals surface area contributed by atoms with E-state index in [9.17, 15) is 4.79 Å². The van der Waals surface area contributed by atoms with E-state index in [-0.39, 0.29) is 30.3 Å². The van der Waals surface area contributed by atoms with Crippen molar-refractivity contribution in [2.75, 3.05) is 13.2 Å². The highest BCUT2D eigenvalue weighted by molar-refractivity contribution is 5.79. The minimum atomic E-state index is -0.395. The molecule has 41 heavy (non-hydrogen) atoms. The standard InChI is InChI=1S/C34H37N3O4/c1-34(2,3)40-24-20-30(32-35-31(36-41-32)19-11-14-23-12-5-4-6-13-23)37(21-24)33(38)39-22-29-27-17-9-7-15-25(27)26-16-8-10-18-28(26)29/h4-10,12-13,15-18,24,29-30H,11,14,19-22H2,1-3H3/t24-,30-/m0/s1. The smallest absolute Gasteiger partial charge is 0.410 e. The van der Waals surface area contributed by atoms with Crippen molar-refractivity contribution in [3.8, 4) is 11.1 Å². The Morgan fingerprint density at radius 3 is 2.27 bits per heavy atom. The van der Waals surface area contributed by atoms with E-state index in [1.54, 1.807) is 4.90 Å². The normalized spacial score (nSPS) is 18.4. The molecule has 1 aromatic heterocycles. The van der Waals surface area contributed by atoms with Crippen molar-refractivity contribution in [3.63, 3.8) is 0 Å². The van der Waals surface area contributed by atoms with Crippen molar-refractivity contribution in [1.82, 2.24) is 15.0 Å². The first-order valence-corrected chi connectivity index (χ1v) is 14.5. The van der Waals surface area contributed by atoms with Crippen LogP contribution in [-0.4, -0.2) is 46.0 Å². The van der Waals surface area contributed by atoms with Gasteiger partial charge in [0.2, 0.25) is 5.89 Å². The average Bonchev–Trinajstić information content (AvgIpc) is 3.68. The molecule has 4 aromatic rings. The Labute approximate surface area is 241 Å². The molecule has 212 valence electrons. The van der Waals surface area contributed by atoms with Gasteiger partial charge in [0, 0.05) is 18.8 Å². The summed E-state index contributed by atoms with van der Waals surface area (Å²) in [5.74, 6) is 1.09. The highest BCUT2D eigenvalue weighted by Crippen LogP contribution is 2.45.